The lowest BCUT2D eigenvalue weighted by molar-refractivity contribution is 0.0389. The number of nitrogens with zero attached hydrogens (tertiary/aromatic N) is 4. The molecule has 0 aliphatic carbocycles. The van der Waals surface area contributed by atoms with E-state index in [9.17, 15) is 0 Å². The highest BCUT2D eigenvalue weighted by Gasteiger charge is 2.12. The van der Waals surface area contributed by atoms with E-state index in [0.717, 1.165) is 67.7 Å². The summed E-state index contributed by atoms with van der Waals surface area (Å²) in [5.74, 6) is 0.798. The van der Waals surface area contributed by atoms with Crippen LogP contribution in [0.5, 0.6) is 5.75 Å². The Labute approximate surface area is 199 Å². The van der Waals surface area contributed by atoms with Crippen molar-refractivity contribution in [3.05, 3.63) is 66.4 Å². The van der Waals surface area contributed by atoms with Gasteiger partial charge in [-0.25, -0.2) is 4.68 Å². The van der Waals surface area contributed by atoms with E-state index in [1.807, 2.05) is 65.5 Å². The smallest absolute Gasteiger partial charge is 0.187 e. The van der Waals surface area contributed by atoms with Crippen molar-refractivity contribution in [2.75, 3.05) is 46.5 Å². The summed E-state index contributed by atoms with van der Waals surface area (Å²) in [5.41, 5.74) is 6.53. The summed E-state index contributed by atoms with van der Waals surface area (Å²) in [6.45, 7) is 5.17. The molecule has 0 unspecified atom stereocenters. The van der Waals surface area contributed by atoms with Crippen LogP contribution in [0.15, 0.2) is 65.9 Å². The van der Waals surface area contributed by atoms with Crippen molar-refractivity contribution in [3.8, 4) is 22.7 Å². The molecule has 1 aromatic heterocycles. The Kier molecular flexibility index (Phi) is 8.02. The van der Waals surface area contributed by atoms with E-state index in [-0.39, 0.29) is 0 Å². The standard InChI is InChI=1S/C24H28N6O2S/c1-31-22-9-7-19(8-10-22)23-20(18-30(28-23)21-5-3-2-4-6-21)17-26-27-24(33)25-11-12-29-13-15-32-16-14-29/h2-10,17-18H,11-16H2,1H3,(H2,25,27,33)/b26-17-. The Balaban J connectivity index is 1.43. The molecule has 2 N–H and O–H groups in total. The number of methoxy groups -OCH3 is 1. The molecular formula is C24H28N6O2S. The zero-order valence-electron chi connectivity index (χ0n) is 18.6. The highest BCUT2D eigenvalue weighted by molar-refractivity contribution is 7.80. The van der Waals surface area contributed by atoms with E-state index in [0.29, 0.717) is 5.11 Å². The Morgan fingerprint density at radius 3 is 2.64 bits per heavy atom. The molecule has 0 spiro atoms. The van der Waals surface area contributed by atoms with E-state index in [1.54, 1.807) is 13.3 Å². The van der Waals surface area contributed by atoms with Crippen molar-refractivity contribution in [3.63, 3.8) is 0 Å². The highest BCUT2D eigenvalue weighted by Crippen LogP contribution is 2.25. The fourth-order valence-corrected chi connectivity index (χ4v) is 3.68. The van der Waals surface area contributed by atoms with Crippen LogP contribution < -0.4 is 15.5 Å². The zero-order valence-corrected chi connectivity index (χ0v) is 19.4. The number of morpholine rings is 1. The SMILES string of the molecule is COc1ccc(-c2nn(-c3ccccc3)cc2/C=N\NC(=S)NCCN2CCOCC2)cc1. The zero-order chi connectivity index (χ0) is 22.9. The maximum atomic E-state index is 5.37. The van der Waals surface area contributed by atoms with E-state index in [1.165, 1.54) is 0 Å². The number of aromatic nitrogens is 2. The van der Waals surface area contributed by atoms with Crippen LogP contribution in [0.3, 0.4) is 0 Å². The third kappa shape index (κ3) is 6.38. The van der Waals surface area contributed by atoms with Crippen LogP contribution >= 0.6 is 12.2 Å². The second-order valence-electron chi connectivity index (χ2n) is 7.52. The molecule has 33 heavy (non-hydrogen) atoms. The maximum absolute atomic E-state index is 5.37. The molecule has 4 rings (SSSR count). The van der Waals surface area contributed by atoms with Crippen LogP contribution in [0, 0.1) is 0 Å². The second-order valence-corrected chi connectivity index (χ2v) is 7.93. The molecule has 2 aromatic carbocycles. The van der Waals surface area contributed by atoms with Crippen LogP contribution in [-0.4, -0.2) is 72.5 Å². The number of para-hydroxylation sites is 1. The van der Waals surface area contributed by atoms with Gasteiger partial charge in [0.2, 0.25) is 0 Å². The van der Waals surface area contributed by atoms with Gasteiger partial charge >= 0.3 is 0 Å². The lowest BCUT2D eigenvalue weighted by Gasteiger charge is -2.26. The van der Waals surface area contributed by atoms with Crippen LogP contribution in [0.2, 0.25) is 0 Å². The molecule has 0 radical (unpaired) electrons. The minimum Gasteiger partial charge on any atom is -0.497 e. The van der Waals surface area contributed by atoms with Crippen molar-refractivity contribution in [1.29, 1.82) is 0 Å². The quantitative estimate of drug-likeness (QED) is 0.302. The lowest BCUT2D eigenvalue weighted by Crippen LogP contribution is -2.42. The van der Waals surface area contributed by atoms with Gasteiger partial charge in [0.25, 0.3) is 0 Å². The van der Waals surface area contributed by atoms with Crippen molar-refractivity contribution in [1.82, 2.24) is 25.4 Å². The van der Waals surface area contributed by atoms with Gasteiger partial charge in [-0.05, 0) is 48.6 Å². The minimum absolute atomic E-state index is 0.487. The van der Waals surface area contributed by atoms with Crippen molar-refractivity contribution >= 4 is 23.5 Å². The van der Waals surface area contributed by atoms with Crippen LogP contribution in [0.25, 0.3) is 16.9 Å². The monoisotopic (exact) mass is 464 g/mol. The van der Waals surface area contributed by atoms with E-state index < -0.39 is 0 Å². The number of benzene rings is 2. The number of nitrogens with one attached hydrogen (secondary N) is 2. The summed E-state index contributed by atoms with van der Waals surface area (Å²) < 4.78 is 12.5. The first-order chi connectivity index (χ1) is 16.2. The summed E-state index contributed by atoms with van der Waals surface area (Å²) in [5, 5.41) is 12.8. The molecule has 1 aliphatic rings. The maximum Gasteiger partial charge on any atom is 0.187 e. The Morgan fingerprint density at radius 1 is 1.15 bits per heavy atom. The molecule has 172 valence electrons. The predicted octanol–water partition coefficient (Wildman–Crippen LogP) is 2.68. The molecule has 8 nitrogen and oxygen atoms in total. The normalized spacial score (nSPS) is 14.3. The molecule has 1 fully saturated rings. The fraction of sp³-hybridized carbons (Fsp3) is 0.292. The average molecular weight is 465 g/mol. The van der Waals surface area contributed by atoms with Gasteiger partial charge in [0, 0.05) is 43.5 Å². The third-order valence-electron chi connectivity index (χ3n) is 5.31. The van der Waals surface area contributed by atoms with E-state index in [4.69, 9.17) is 26.8 Å². The molecule has 1 aliphatic heterocycles. The molecular weight excluding hydrogens is 436 g/mol. The number of hydrazone groups is 1. The largest absolute Gasteiger partial charge is 0.497 e. The van der Waals surface area contributed by atoms with Crippen molar-refractivity contribution in [2.24, 2.45) is 5.10 Å². The molecule has 0 bridgehead atoms. The average Bonchev–Trinajstić information content (AvgIpc) is 3.29. The first-order valence-corrected chi connectivity index (χ1v) is 11.3. The van der Waals surface area contributed by atoms with Gasteiger partial charge < -0.3 is 14.8 Å². The Morgan fingerprint density at radius 2 is 1.91 bits per heavy atom. The molecule has 3 aromatic rings. The molecule has 1 saturated heterocycles. The first kappa shape index (κ1) is 22.9. The number of rotatable bonds is 8. The van der Waals surface area contributed by atoms with Crippen molar-refractivity contribution in [2.45, 2.75) is 0 Å². The summed E-state index contributed by atoms with van der Waals surface area (Å²) in [7, 11) is 1.65. The van der Waals surface area contributed by atoms with Gasteiger partial charge in [-0.15, -0.1) is 0 Å². The predicted molar refractivity (Wildman–Crippen MR) is 134 cm³/mol. The van der Waals surface area contributed by atoms with E-state index >= 15 is 0 Å². The number of hydrogen-bond donors (Lipinski definition) is 2. The molecule has 0 saturated carbocycles. The summed E-state index contributed by atoms with van der Waals surface area (Å²) in [6.07, 6.45) is 3.69. The highest BCUT2D eigenvalue weighted by atomic mass is 32.1. The second kappa shape index (κ2) is 11.6. The number of ether oxygens (including phenoxy) is 2. The van der Waals surface area contributed by atoms with E-state index in [2.05, 4.69) is 20.7 Å². The minimum atomic E-state index is 0.487. The van der Waals surface area contributed by atoms with Crippen LogP contribution in [-0.2, 0) is 4.74 Å². The number of hydrogen-bond acceptors (Lipinski definition) is 6. The van der Waals surface area contributed by atoms with Gasteiger partial charge in [0.15, 0.2) is 5.11 Å². The third-order valence-corrected chi connectivity index (χ3v) is 5.55. The molecule has 0 atom stereocenters. The summed E-state index contributed by atoms with van der Waals surface area (Å²) in [6, 6.07) is 17.8. The first-order valence-electron chi connectivity index (χ1n) is 10.9. The summed E-state index contributed by atoms with van der Waals surface area (Å²) >= 11 is 5.36. The fourth-order valence-electron chi connectivity index (χ4n) is 3.52. The van der Waals surface area contributed by atoms with Gasteiger partial charge in [-0.2, -0.15) is 10.2 Å². The van der Waals surface area contributed by atoms with Gasteiger partial charge in [0.05, 0.1) is 32.2 Å². The molecule has 9 heteroatoms. The molecule has 2 heterocycles. The summed E-state index contributed by atoms with van der Waals surface area (Å²) in [4.78, 5) is 2.35. The lowest BCUT2D eigenvalue weighted by atomic mass is 10.1. The van der Waals surface area contributed by atoms with Crippen LogP contribution in [0.1, 0.15) is 5.56 Å². The van der Waals surface area contributed by atoms with Gasteiger partial charge in [-0.1, -0.05) is 18.2 Å². The van der Waals surface area contributed by atoms with Gasteiger partial charge in [0.1, 0.15) is 11.4 Å². The molecule has 0 amide bonds. The Hall–Kier alpha value is -3.27. The topological polar surface area (TPSA) is 75.9 Å². The number of thiocarbonyl (C=S) groups is 1. The van der Waals surface area contributed by atoms with Gasteiger partial charge in [-0.3, -0.25) is 10.3 Å². The Bertz CT molecular complexity index is 1060. The van der Waals surface area contributed by atoms with Crippen molar-refractivity contribution < 1.29 is 9.47 Å². The van der Waals surface area contributed by atoms with Crippen LogP contribution in [0.4, 0.5) is 0 Å².